The summed E-state index contributed by atoms with van der Waals surface area (Å²) in [7, 11) is 0. The molecule has 0 aliphatic rings. The van der Waals surface area contributed by atoms with Crippen molar-refractivity contribution in [3.8, 4) is 22.3 Å². The number of pyridine rings is 1. The molecule has 0 fully saturated rings. The largest absolute Gasteiger partial charge is 0.307 e. The number of halogens is 1. The lowest BCUT2D eigenvalue weighted by molar-refractivity contribution is 0.630. The van der Waals surface area contributed by atoms with E-state index in [0.29, 0.717) is 5.69 Å². The van der Waals surface area contributed by atoms with Crippen molar-refractivity contribution in [2.45, 2.75) is 0 Å². The second-order valence-corrected chi connectivity index (χ2v) is 15.2. The molecule has 0 bridgehead atoms. The van der Waals surface area contributed by atoms with Crippen molar-refractivity contribution in [2.75, 3.05) is 4.90 Å². The maximum atomic E-state index is 17.6. The molecule has 10 aromatic carbocycles. The fourth-order valence-electron chi connectivity index (χ4n) is 9.32. The SMILES string of the molecule is Fc1cc(-c2ccccc2)cc(-c2ccccc2)c1N(c1ccccc1)c1ccc2ccc3c(B(c4ccccc4)c4ccncc4)ccc4c5ccccc5c1c2c34. The third-order valence-corrected chi connectivity index (χ3v) is 11.9. The number of aromatic nitrogens is 1. The van der Waals surface area contributed by atoms with Gasteiger partial charge in [-0.2, -0.15) is 0 Å². The highest BCUT2D eigenvalue weighted by Gasteiger charge is 2.29. The van der Waals surface area contributed by atoms with Crippen molar-refractivity contribution in [1.29, 1.82) is 0 Å². The van der Waals surface area contributed by atoms with Crippen molar-refractivity contribution in [3.63, 3.8) is 0 Å². The Morgan fingerprint density at radius 3 is 1.73 bits per heavy atom. The van der Waals surface area contributed by atoms with E-state index >= 15 is 4.39 Å². The minimum Gasteiger partial charge on any atom is -0.307 e. The smallest absolute Gasteiger partial charge is 0.242 e. The fourth-order valence-corrected chi connectivity index (χ4v) is 9.32. The number of hydrogen-bond donors (Lipinski definition) is 0. The Labute approximate surface area is 342 Å². The summed E-state index contributed by atoms with van der Waals surface area (Å²) in [5, 5.41) is 9.28. The van der Waals surface area contributed by atoms with Crippen LogP contribution >= 0.6 is 0 Å². The van der Waals surface area contributed by atoms with Gasteiger partial charge in [0.1, 0.15) is 5.82 Å². The van der Waals surface area contributed by atoms with Gasteiger partial charge in [-0.1, -0.05) is 180 Å². The molecule has 276 valence electrons. The van der Waals surface area contributed by atoms with Gasteiger partial charge in [-0.05, 0) is 91.5 Å². The van der Waals surface area contributed by atoms with Gasteiger partial charge in [-0.25, -0.2) is 4.39 Å². The van der Waals surface area contributed by atoms with E-state index in [4.69, 9.17) is 0 Å². The first-order valence-corrected chi connectivity index (χ1v) is 20.1. The van der Waals surface area contributed by atoms with Gasteiger partial charge < -0.3 is 4.90 Å². The second-order valence-electron chi connectivity index (χ2n) is 15.2. The number of rotatable bonds is 8. The third kappa shape index (κ3) is 5.83. The molecule has 2 nitrogen and oxygen atoms in total. The molecule has 4 heteroatoms. The van der Waals surface area contributed by atoms with Crippen molar-refractivity contribution < 1.29 is 4.39 Å². The van der Waals surface area contributed by atoms with Crippen molar-refractivity contribution >= 4 is 83.3 Å². The van der Waals surface area contributed by atoms with Crippen LogP contribution in [0.2, 0.25) is 0 Å². The maximum Gasteiger partial charge on any atom is 0.242 e. The van der Waals surface area contributed by atoms with Crippen LogP contribution in [0.15, 0.2) is 219 Å². The zero-order chi connectivity index (χ0) is 39.3. The summed E-state index contributed by atoms with van der Waals surface area (Å²) in [5.74, 6) is -0.297. The third-order valence-electron chi connectivity index (χ3n) is 11.9. The maximum absolute atomic E-state index is 17.6. The summed E-state index contributed by atoms with van der Waals surface area (Å²) >= 11 is 0. The van der Waals surface area contributed by atoms with Crippen molar-refractivity contribution in [2.24, 2.45) is 0 Å². The van der Waals surface area contributed by atoms with Crippen LogP contribution in [-0.2, 0) is 0 Å². The number of nitrogens with zero attached hydrogens (tertiary/aromatic N) is 2. The normalized spacial score (nSPS) is 11.5. The summed E-state index contributed by atoms with van der Waals surface area (Å²) in [6.45, 7) is -0.0130. The van der Waals surface area contributed by atoms with Crippen LogP contribution in [-0.4, -0.2) is 11.7 Å². The molecule has 0 atom stereocenters. The van der Waals surface area contributed by atoms with Gasteiger partial charge in [-0.15, -0.1) is 0 Å². The van der Waals surface area contributed by atoms with Gasteiger partial charge >= 0.3 is 0 Å². The molecule has 0 aliphatic heterocycles. The summed E-state index contributed by atoms with van der Waals surface area (Å²) in [6.07, 6.45) is 3.77. The Morgan fingerprint density at radius 2 is 1.00 bits per heavy atom. The van der Waals surface area contributed by atoms with E-state index in [2.05, 4.69) is 143 Å². The van der Waals surface area contributed by atoms with E-state index in [1.54, 1.807) is 6.07 Å². The molecule has 11 rings (SSSR count). The van der Waals surface area contributed by atoms with Gasteiger partial charge in [0, 0.05) is 34.4 Å². The lowest BCUT2D eigenvalue weighted by Crippen LogP contribution is -2.52. The van der Waals surface area contributed by atoms with Crippen LogP contribution in [0.25, 0.3) is 65.3 Å². The van der Waals surface area contributed by atoms with Gasteiger partial charge in [0.2, 0.25) is 6.71 Å². The molecule has 0 saturated carbocycles. The van der Waals surface area contributed by atoms with Crippen LogP contribution in [0, 0.1) is 5.82 Å². The van der Waals surface area contributed by atoms with Crippen LogP contribution < -0.4 is 21.3 Å². The highest BCUT2D eigenvalue weighted by Crippen LogP contribution is 2.50. The Balaban J connectivity index is 1.26. The summed E-state index contributed by atoms with van der Waals surface area (Å²) in [4.78, 5) is 6.52. The monoisotopic (exact) mass is 754 g/mol. The molecular formula is C55H36BFN2. The molecule has 0 radical (unpaired) electrons. The average molecular weight is 755 g/mol. The lowest BCUT2D eigenvalue weighted by Gasteiger charge is -2.31. The first kappa shape index (κ1) is 34.7. The first-order valence-electron chi connectivity index (χ1n) is 20.1. The van der Waals surface area contributed by atoms with E-state index in [-0.39, 0.29) is 12.5 Å². The standard InChI is InChI=1S/C55H36BFN2/c57-50-36-40(37-15-5-1-6-16-37)35-48(38-17-7-2-8-18-38)55(50)59(43-21-11-4-12-22-43)51-30-26-39-25-27-47-49(56(41-19-9-3-10-20-41)42-31-33-58-34-32-42)29-28-46-44-23-13-14-24-45(44)54(51)52(39)53(46)47/h1-36H. The predicted octanol–water partition coefficient (Wildman–Crippen LogP) is 12.6. The minimum atomic E-state index is -0.297. The van der Waals surface area contributed by atoms with Crippen LogP contribution in [0.5, 0.6) is 0 Å². The molecule has 1 heterocycles. The molecule has 0 amide bonds. The predicted molar refractivity (Wildman–Crippen MR) is 248 cm³/mol. The van der Waals surface area contributed by atoms with E-state index in [1.165, 1.54) is 37.9 Å². The molecule has 0 spiro atoms. The van der Waals surface area contributed by atoms with E-state index in [1.807, 2.05) is 79.1 Å². The summed E-state index contributed by atoms with van der Waals surface area (Å²) in [6, 6.07) is 71.6. The zero-order valence-corrected chi connectivity index (χ0v) is 32.1. The van der Waals surface area contributed by atoms with Crippen LogP contribution in [0.4, 0.5) is 21.5 Å². The van der Waals surface area contributed by atoms with Gasteiger partial charge in [0.25, 0.3) is 0 Å². The minimum absolute atomic E-state index is 0.0130. The number of fused-ring (bicyclic) bond motifs is 3. The Hall–Kier alpha value is -7.56. The second kappa shape index (κ2) is 14.4. The fraction of sp³-hybridized carbons (Fsp3) is 0. The first-order chi connectivity index (χ1) is 29.2. The number of para-hydroxylation sites is 1. The number of hydrogen-bond acceptors (Lipinski definition) is 2. The molecule has 0 aliphatic carbocycles. The molecule has 0 saturated heterocycles. The highest BCUT2D eigenvalue weighted by molar-refractivity contribution is 6.97. The lowest BCUT2D eigenvalue weighted by atomic mass is 9.36. The average Bonchev–Trinajstić information content (AvgIpc) is 3.31. The van der Waals surface area contributed by atoms with Crippen molar-refractivity contribution in [1.82, 2.24) is 4.98 Å². The number of benzene rings is 10. The van der Waals surface area contributed by atoms with Crippen molar-refractivity contribution in [3.05, 3.63) is 224 Å². The molecule has 0 unspecified atom stereocenters. The Kier molecular flexibility index (Phi) is 8.48. The molecule has 0 N–H and O–H groups in total. The topological polar surface area (TPSA) is 16.1 Å². The van der Waals surface area contributed by atoms with Gasteiger partial charge in [0.15, 0.2) is 0 Å². The zero-order valence-electron chi connectivity index (χ0n) is 32.1. The quantitative estimate of drug-likeness (QED) is 0.0872. The molecular weight excluding hydrogens is 718 g/mol. The van der Waals surface area contributed by atoms with Crippen LogP contribution in [0.3, 0.4) is 0 Å². The summed E-state index contributed by atoms with van der Waals surface area (Å²) < 4.78 is 17.6. The van der Waals surface area contributed by atoms with E-state index in [0.717, 1.165) is 55.2 Å². The molecule has 11 aromatic rings. The van der Waals surface area contributed by atoms with E-state index in [9.17, 15) is 0 Å². The van der Waals surface area contributed by atoms with Gasteiger partial charge in [0.05, 0.1) is 11.4 Å². The Bertz CT molecular complexity index is 3230. The van der Waals surface area contributed by atoms with Crippen LogP contribution in [0.1, 0.15) is 0 Å². The molecule has 59 heavy (non-hydrogen) atoms. The van der Waals surface area contributed by atoms with Gasteiger partial charge in [-0.3, -0.25) is 4.98 Å². The highest BCUT2D eigenvalue weighted by atomic mass is 19.1. The Morgan fingerprint density at radius 1 is 0.424 bits per heavy atom. The number of anilines is 3. The molecule has 1 aromatic heterocycles. The van der Waals surface area contributed by atoms with E-state index < -0.39 is 0 Å². The summed E-state index contributed by atoms with van der Waals surface area (Å²) in [5.41, 5.74) is 9.47.